The van der Waals surface area contributed by atoms with Gasteiger partial charge in [-0.3, -0.25) is 0 Å². The van der Waals surface area contributed by atoms with Crippen molar-refractivity contribution >= 4 is 12.0 Å². The number of carboxylic acid groups (broad SMARTS) is 1. The summed E-state index contributed by atoms with van der Waals surface area (Å²) in [7, 11) is 0. The third-order valence-electron chi connectivity index (χ3n) is 2.21. The average Bonchev–Trinajstić information content (AvgIpc) is 2.80. The molecule has 6 nitrogen and oxygen atoms in total. The standard InChI is InChI=1S/C11H10N4O2/c1-7-2-4-9(11-12-14-15-13-11)8(6-7)3-5-10(16)17/h2-6H,1H3,(H,16,17)(H,12,13,14,15)/b5-3+. The summed E-state index contributed by atoms with van der Waals surface area (Å²) in [5.41, 5.74) is 2.55. The highest BCUT2D eigenvalue weighted by Crippen LogP contribution is 2.21. The van der Waals surface area contributed by atoms with Crippen molar-refractivity contribution in [2.45, 2.75) is 6.92 Å². The van der Waals surface area contributed by atoms with E-state index in [0.717, 1.165) is 22.8 Å². The zero-order chi connectivity index (χ0) is 12.3. The second-order valence-corrected chi connectivity index (χ2v) is 3.51. The molecular formula is C11H10N4O2. The lowest BCUT2D eigenvalue weighted by atomic mass is 10.0. The second kappa shape index (κ2) is 4.56. The Balaban J connectivity index is 2.48. The van der Waals surface area contributed by atoms with Crippen molar-refractivity contribution in [3.8, 4) is 11.4 Å². The summed E-state index contributed by atoms with van der Waals surface area (Å²) >= 11 is 0. The Hall–Kier alpha value is -2.50. The molecule has 0 atom stereocenters. The summed E-state index contributed by atoms with van der Waals surface area (Å²) in [6.07, 6.45) is 2.61. The third kappa shape index (κ3) is 2.54. The van der Waals surface area contributed by atoms with Gasteiger partial charge >= 0.3 is 5.97 Å². The van der Waals surface area contributed by atoms with Crippen LogP contribution in [-0.2, 0) is 4.79 Å². The first kappa shape index (κ1) is 11.0. The highest BCUT2D eigenvalue weighted by molar-refractivity contribution is 5.87. The van der Waals surface area contributed by atoms with E-state index in [0.29, 0.717) is 5.82 Å². The number of carbonyl (C=O) groups is 1. The van der Waals surface area contributed by atoms with Crippen LogP contribution in [0.5, 0.6) is 0 Å². The van der Waals surface area contributed by atoms with Crippen LogP contribution in [0.4, 0.5) is 0 Å². The second-order valence-electron chi connectivity index (χ2n) is 3.51. The molecule has 1 heterocycles. The van der Waals surface area contributed by atoms with E-state index in [2.05, 4.69) is 20.6 Å². The quantitative estimate of drug-likeness (QED) is 0.775. The number of benzene rings is 1. The molecule has 1 aromatic carbocycles. The molecule has 86 valence electrons. The van der Waals surface area contributed by atoms with Crippen LogP contribution in [-0.4, -0.2) is 31.7 Å². The highest BCUT2D eigenvalue weighted by atomic mass is 16.4. The van der Waals surface area contributed by atoms with E-state index in [4.69, 9.17) is 5.11 Å². The molecule has 2 rings (SSSR count). The molecule has 0 amide bonds. The smallest absolute Gasteiger partial charge is 0.328 e. The minimum atomic E-state index is -0.992. The first-order chi connectivity index (χ1) is 8.16. The predicted octanol–water partition coefficient (Wildman–Crippen LogP) is 1.27. The zero-order valence-electron chi connectivity index (χ0n) is 9.08. The molecule has 0 aliphatic carbocycles. The normalized spacial score (nSPS) is 10.9. The van der Waals surface area contributed by atoms with E-state index in [-0.39, 0.29) is 0 Å². The maximum atomic E-state index is 10.5. The number of aromatic nitrogens is 4. The van der Waals surface area contributed by atoms with Crippen LogP contribution in [0.15, 0.2) is 24.3 Å². The molecule has 2 aromatic rings. The first-order valence-electron chi connectivity index (χ1n) is 4.92. The number of nitrogens with zero attached hydrogens (tertiary/aromatic N) is 3. The van der Waals surface area contributed by atoms with Gasteiger partial charge in [0.1, 0.15) is 0 Å². The van der Waals surface area contributed by atoms with Crippen molar-refractivity contribution in [1.82, 2.24) is 20.6 Å². The summed E-state index contributed by atoms with van der Waals surface area (Å²) in [4.78, 5) is 10.5. The minimum Gasteiger partial charge on any atom is -0.478 e. The highest BCUT2D eigenvalue weighted by Gasteiger charge is 2.06. The van der Waals surface area contributed by atoms with Crippen molar-refractivity contribution in [2.24, 2.45) is 0 Å². The van der Waals surface area contributed by atoms with Gasteiger partial charge < -0.3 is 5.11 Å². The fourth-order valence-corrected chi connectivity index (χ4v) is 1.47. The molecule has 1 aromatic heterocycles. The number of aliphatic carboxylic acids is 1. The van der Waals surface area contributed by atoms with Gasteiger partial charge in [-0.25, -0.2) is 9.89 Å². The van der Waals surface area contributed by atoms with E-state index < -0.39 is 5.97 Å². The number of H-pyrrole nitrogens is 1. The van der Waals surface area contributed by atoms with E-state index in [1.54, 1.807) is 0 Å². The SMILES string of the molecule is Cc1ccc(-c2nnn[nH]2)c(/C=C/C(=O)O)c1. The van der Waals surface area contributed by atoms with E-state index in [9.17, 15) is 4.79 Å². The number of carboxylic acids is 1. The Bertz CT molecular complexity index is 561. The maximum Gasteiger partial charge on any atom is 0.328 e. The van der Waals surface area contributed by atoms with Crippen LogP contribution >= 0.6 is 0 Å². The van der Waals surface area contributed by atoms with Crippen molar-refractivity contribution in [3.05, 3.63) is 35.4 Å². The Kier molecular flexibility index (Phi) is 2.95. The molecule has 0 radical (unpaired) electrons. The average molecular weight is 230 g/mol. The summed E-state index contributed by atoms with van der Waals surface area (Å²) in [5, 5.41) is 22.1. The lowest BCUT2D eigenvalue weighted by Crippen LogP contribution is -1.90. The molecule has 17 heavy (non-hydrogen) atoms. The van der Waals surface area contributed by atoms with E-state index in [1.807, 2.05) is 25.1 Å². The topological polar surface area (TPSA) is 91.8 Å². The fraction of sp³-hybridized carbons (Fsp3) is 0.0909. The largest absolute Gasteiger partial charge is 0.478 e. The van der Waals surface area contributed by atoms with Crippen LogP contribution in [0, 0.1) is 6.92 Å². The lowest BCUT2D eigenvalue weighted by molar-refractivity contribution is -0.131. The van der Waals surface area contributed by atoms with Crippen LogP contribution in [0.3, 0.4) is 0 Å². The summed E-state index contributed by atoms with van der Waals surface area (Å²) in [5.74, 6) is -0.483. The van der Waals surface area contributed by atoms with Crippen LogP contribution in [0.1, 0.15) is 11.1 Å². The van der Waals surface area contributed by atoms with Crippen LogP contribution in [0.2, 0.25) is 0 Å². The summed E-state index contributed by atoms with van der Waals surface area (Å²) < 4.78 is 0. The van der Waals surface area contributed by atoms with Gasteiger partial charge in [0, 0.05) is 11.6 Å². The van der Waals surface area contributed by atoms with Gasteiger partial charge in [-0.1, -0.05) is 23.8 Å². The van der Waals surface area contributed by atoms with Crippen molar-refractivity contribution < 1.29 is 9.90 Å². The zero-order valence-corrected chi connectivity index (χ0v) is 9.08. The van der Waals surface area contributed by atoms with Gasteiger partial charge in [-0.05, 0) is 29.0 Å². The molecule has 0 saturated heterocycles. The molecule has 0 saturated carbocycles. The van der Waals surface area contributed by atoms with Crippen LogP contribution < -0.4 is 0 Å². The van der Waals surface area contributed by atoms with Gasteiger partial charge in [0.2, 0.25) is 0 Å². The first-order valence-corrected chi connectivity index (χ1v) is 4.92. The Morgan fingerprint density at radius 2 is 2.29 bits per heavy atom. The summed E-state index contributed by atoms with van der Waals surface area (Å²) in [6, 6.07) is 5.63. The molecule has 6 heteroatoms. The third-order valence-corrected chi connectivity index (χ3v) is 2.21. The molecule has 0 aliphatic heterocycles. The number of aryl methyl sites for hydroxylation is 1. The molecule has 0 fully saturated rings. The van der Waals surface area contributed by atoms with Gasteiger partial charge in [-0.15, -0.1) is 5.10 Å². The molecular weight excluding hydrogens is 220 g/mol. The van der Waals surface area contributed by atoms with E-state index >= 15 is 0 Å². The fourth-order valence-electron chi connectivity index (χ4n) is 1.47. The van der Waals surface area contributed by atoms with Crippen molar-refractivity contribution in [2.75, 3.05) is 0 Å². The number of rotatable bonds is 3. The predicted molar refractivity (Wildman–Crippen MR) is 61.0 cm³/mol. The molecule has 0 unspecified atom stereocenters. The lowest BCUT2D eigenvalue weighted by Gasteiger charge is -2.03. The van der Waals surface area contributed by atoms with Gasteiger partial charge in [0.25, 0.3) is 0 Å². The monoisotopic (exact) mass is 230 g/mol. The van der Waals surface area contributed by atoms with Crippen LogP contribution in [0.25, 0.3) is 17.5 Å². The van der Waals surface area contributed by atoms with Gasteiger partial charge in [0.05, 0.1) is 0 Å². The number of nitrogens with one attached hydrogen (secondary N) is 1. The molecule has 0 spiro atoms. The van der Waals surface area contributed by atoms with E-state index in [1.165, 1.54) is 6.08 Å². The van der Waals surface area contributed by atoms with Crippen molar-refractivity contribution in [3.63, 3.8) is 0 Å². The number of aromatic amines is 1. The Morgan fingerprint density at radius 3 is 2.94 bits per heavy atom. The number of hydrogen-bond donors (Lipinski definition) is 2. The maximum absolute atomic E-state index is 10.5. The molecule has 2 N–H and O–H groups in total. The molecule has 0 aliphatic rings. The number of tetrazole rings is 1. The summed E-state index contributed by atoms with van der Waals surface area (Å²) in [6.45, 7) is 1.93. The van der Waals surface area contributed by atoms with Crippen molar-refractivity contribution in [1.29, 1.82) is 0 Å². The molecule has 0 bridgehead atoms. The number of hydrogen-bond acceptors (Lipinski definition) is 4. The van der Waals surface area contributed by atoms with Gasteiger partial charge in [0.15, 0.2) is 5.82 Å². The Labute approximate surface area is 97.0 Å². The minimum absolute atomic E-state index is 0.509. The Morgan fingerprint density at radius 1 is 1.47 bits per heavy atom. The van der Waals surface area contributed by atoms with Gasteiger partial charge in [-0.2, -0.15) is 0 Å².